The second kappa shape index (κ2) is 8.03. The number of rotatable bonds is 6. The van der Waals surface area contributed by atoms with E-state index in [4.69, 9.17) is 0 Å². The van der Waals surface area contributed by atoms with Crippen LogP contribution >= 0.6 is 11.3 Å². The Balaban J connectivity index is 1.11. The fourth-order valence-electron chi connectivity index (χ4n) is 4.30. The average molecular weight is 439 g/mol. The molecule has 10 heteroatoms. The maximum atomic E-state index is 12.5. The molecular formula is C21H22N6O3S. The first-order valence-corrected chi connectivity index (χ1v) is 11.2. The summed E-state index contributed by atoms with van der Waals surface area (Å²) in [6.45, 7) is 0.535. The van der Waals surface area contributed by atoms with Crippen LogP contribution in [0.4, 0.5) is 0 Å². The number of thiophene rings is 1. The van der Waals surface area contributed by atoms with Crippen molar-refractivity contribution in [3.8, 4) is 0 Å². The minimum Gasteiger partial charge on any atom is -0.352 e. The van der Waals surface area contributed by atoms with Gasteiger partial charge in [-0.2, -0.15) is 5.10 Å². The molecule has 0 spiro atoms. The van der Waals surface area contributed by atoms with Gasteiger partial charge in [-0.05, 0) is 61.2 Å². The number of fused-ring (bicyclic) bond motifs is 2. The molecule has 1 aliphatic carbocycles. The molecule has 2 amide bonds. The third kappa shape index (κ3) is 3.86. The molecule has 4 N–H and O–H groups in total. The summed E-state index contributed by atoms with van der Waals surface area (Å²) < 4.78 is 2.40. The molecule has 1 aliphatic rings. The van der Waals surface area contributed by atoms with E-state index in [0.29, 0.717) is 29.4 Å². The number of hydrogen-bond donors (Lipinski definition) is 4. The number of H-pyrrole nitrogens is 2. The van der Waals surface area contributed by atoms with Crippen molar-refractivity contribution in [3.63, 3.8) is 0 Å². The number of carbonyl (C=O) groups is 2. The molecular weight excluding hydrogens is 416 g/mol. The molecule has 31 heavy (non-hydrogen) atoms. The molecule has 1 fully saturated rings. The highest BCUT2D eigenvalue weighted by Crippen LogP contribution is 2.28. The smallest absolute Gasteiger partial charge is 0.347 e. The zero-order valence-corrected chi connectivity index (χ0v) is 17.5. The Kier molecular flexibility index (Phi) is 5.06. The summed E-state index contributed by atoms with van der Waals surface area (Å²) in [5.74, 6) is 0.130. The van der Waals surface area contributed by atoms with Crippen LogP contribution in [0.5, 0.6) is 0 Å². The van der Waals surface area contributed by atoms with Crippen molar-refractivity contribution in [1.82, 2.24) is 30.2 Å². The van der Waals surface area contributed by atoms with Crippen LogP contribution < -0.4 is 16.3 Å². The van der Waals surface area contributed by atoms with Gasteiger partial charge in [0.15, 0.2) is 5.65 Å². The highest BCUT2D eigenvalue weighted by Gasteiger charge is 2.26. The third-order valence-electron chi connectivity index (χ3n) is 5.89. The molecule has 0 radical (unpaired) electrons. The van der Waals surface area contributed by atoms with Crippen molar-refractivity contribution < 1.29 is 9.59 Å². The number of pyridine rings is 1. The van der Waals surface area contributed by atoms with Crippen molar-refractivity contribution in [3.05, 3.63) is 57.6 Å². The summed E-state index contributed by atoms with van der Waals surface area (Å²) in [5.41, 5.74) is 1.90. The molecule has 0 aromatic carbocycles. The van der Waals surface area contributed by atoms with Crippen molar-refractivity contribution in [1.29, 1.82) is 0 Å². The number of nitrogens with zero attached hydrogens (tertiary/aromatic N) is 2. The summed E-state index contributed by atoms with van der Waals surface area (Å²) in [7, 11) is 0. The van der Waals surface area contributed by atoms with Crippen molar-refractivity contribution in [2.24, 2.45) is 5.92 Å². The van der Waals surface area contributed by atoms with Crippen LogP contribution in [0.3, 0.4) is 0 Å². The molecule has 160 valence electrons. The van der Waals surface area contributed by atoms with Crippen LogP contribution in [-0.2, 0) is 0 Å². The first kappa shape index (κ1) is 19.6. The van der Waals surface area contributed by atoms with E-state index in [-0.39, 0.29) is 23.5 Å². The van der Waals surface area contributed by atoms with E-state index < -0.39 is 0 Å². The lowest BCUT2D eigenvalue weighted by atomic mass is 10.0. The Morgan fingerprint density at radius 3 is 3.03 bits per heavy atom. The number of hydrogen-bond acceptors (Lipinski definition) is 5. The highest BCUT2D eigenvalue weighted by molar-refractivity contribution is 7.17. The van der Waals surface area contributed by atoms with E-state index in [1.54, 1.807) is 29.7 Å². The fraction of sp³-hybridized carbons (Fsp3) is 0.333. The van der Waals surface area contributed by atoms with E-state index in [2.05, 4.69) is 25.8 Å². The number of carbonyl (C=O) groups excluding carboxylic acids is 2. The maximum absolute atomic E-state index is 12.5. The van der Waals surface area contributed by atoms with Crippen LogP contribution in [0.15, 0.2) is 40.6 Å². The topological polar surface area (TPSA) is 124 Å². The van der Waals surface area contributed by atoms with Crippen molar-refractivity contribution in [2.45, 2.75) is 31.7 Å². The van der Waals surface area contributed by atoms with Gasteiger partial charge in [-0.3, -0.25) is 9.59 Å². The standard InChI is InChI=1S/C21H22N6O3S/c28-19(14-2-1-8-27-18(14)25-26-21(27)30)22-7-5-12-3-4-13(10-12)23-20(29)16-11-17-15(24-16)6-9-31-17/h1-2,6,8-9,11-13,24H,3-5,7,10H2,(H,22,28)(H,23,29)(H,26,30). The predicted octanol–water partition coefficient (Wildman–Crippen LogP) is 2.28. The van der Waals surface area contributed by atoms with Gasteiger partial charge in [0.25, 0.3) is 11.8 Å². The fourth-order valence-corrected chi connectivity index (χ4v) is 5.08. The van der Waals surface area contributed by atoms with E-state index in [1.165, 1.54) is 4.40 Å². The third-order valence-corrected chi connectivity index (χ3v) is 6.75. The van der Waals surface area contributed by atoms with E-state index in [0.717, 1.165) is 35.9 Å². The molecule has 0 saturated heterocycles. The Morgan fingerprint density at radius 2 is 2.16 bits per heavy atom. The van der Waals surface area contributed by atoms with Gasteiger partial charge in [-0.25, -0.2) is 14.3 Å². The number of amides is 2. The molecule has 0 aliphatic heterocycles. The highest BCUT2D eigenvalue weighted by atomic mass is 32.1. The molecule has 1 saturated carbocycles. The first-order chi connectivity index (χ1) is 15.1. The molecule has 4 aromatic heterocycles. The van der Waals surface area contributed by atoms with Crippen LogP contribution in [0.1, 0.15) is 46.5 Å². The SMILES string of the molecule is O=C(NC1CCC(CCNC(=O)c2cccn3c(=O)[nH]nc23)C1)c1cc2sccc2[nH]1. The zero-order chi connectivity index (χ0) is 21.4. The lowest BCUT2D eigenvalue weighted by Crippen LogP contribution is -2.33. The Morgan fingerprint density at radius 1 is 1.26 bits per heavy atom. The minimum atomic E-state index is -0.372. The number of nitrogens with one attached hydrogen (secondary N) is 4. The van der Waals surface area contributed by atoms with Gasteiger partial charge in [0.1, 0.15) is 5.69 Å². The summed E-state index contributed by atoms with van der Waals surface area (Å²) in [4.78, 5) is 39.8. The largest absolute Gasteiger partial charge is 0.352 e. The van der Waals surface area contributed by atoms with Gasteiger partial charge in [0.2, 0.25) is 0 Å². The lowest BCUT2D eigenvalue weighted by Gasteiger charge is -2.13. The summed E-state index contributed by atoms with van der Waals surface area (Å²) in [6.07, 6.45) is 5.27. The minimum absolute atomic E-state index is 0.0651. The monoisotopic (exact) mass is 438 g/mol. The van der Waals surface area contributed by atoms with E-state index >= 15 is 0 Å². The Bertz CT molecular complexity index is 1290. The van der Waals surface area contributed by atoms with Crippen LogP contribution in [0, 0.1) is 5.92 Å². The van der Waals surface area contributed by atoms with Gasteiger partial charge in [0.05, 0.1) is 15.8 Å². The van der Waals surface area contributed by atoms with Gasteiger partial charge in [-0.1, -0.05) is 0 Å². The second-order valence-corrected chi connectivity index (χ2v) is 8.87. The van der Waals surface area contributed by atoms with Gasteiger partial charge < -0.3 is 15.6 Å². The quantitative estimate of drug-likeness (QED) is 0.369. The summed E-state index contributed by atoms with van der Waals surface area (Å²) in [5, 5.41) is 14.3. The van der Waals surface area contributed by atoms with Crippen LogP contribution in [-0.4, -0.2) is 44.0 Å². The average Bonchev–Trinajstić information content (AvgIpc) is 3.52. The Hall–Kier alpha value is -3.40. The van der Waals surface area contributed by atoms with Gasteiger partial charge >= 0.3 is 5.69 Å². The Labute approximate surface area is 180 Å². The van der Waals surface area contributed by atoms with Gasteiger partial charge in [0, 0.05) is 18.8 Å². The van der Waals surface area contributed by atoms with Crippen LogP contribution in [0.2, 0.25) is 0 Å². The van der Waals surface area contributed by atoms with Crippen molar-refractivity contribution in [2.75, 3.05) is 6.54 Å². The molecule has 4 aromatic rings. The maximum Gasteiger partial charge on any atom is 0.347 e. The normalized spacial score (nSPS) is 18.6. The molecule has 5 rings (SSSR count). The second-order valence-electron chi connectivity index (χ2n) is 7.92. The number of aromatic nitrogens is 4. The van der Waals surface area contributed by atoms with E-state index in [9.17, 15) is 14.4 Å². The lowest BCUT2D eigenvalue weighted by molar-refractivity contribution is 0.0931. The van der Waals surface area contributed by atoms with E-state index in [1.807, 2.05) is 17.5 Å². The molecule has 2 atom stereocenters. The van der Waals surface area contributed by atoms with Crippen molar-refractivity contribution >= 4 is 39.0 Å². The molecule has 9 nitrogen and oxygen atoms in total. The zero-order valence-electron chi connectivity index (χ0n) is 16.7. The first-order valence-electron chi connectivity index (χ1n) is 10.3. The summed E-state index contributed by atoms with van der Waals surface area (Å²) >= 11 is 1.61. The molecule has 0 bridgehead atoms. The summed E-state index contributed by atoms with van der Waals surface area (Å²) in [6, 6.07) is 7.32. The number of aromatic amines is 2. The van der Waals surface area contributed by atoms with Gasteiger partial charge in [-0.15, -0.1) is 11.3 Å². The molecule has 2 unspecified atom stereocenters. The molecule has 4 heterocycles. The van der Waals surface area contributed by atoms with Crippen LogP contribution in [0.25, 0.3) is 15.9 Å². The predicted molar refractivity (Wildman–Crippen MR) is 118 cm³/mol.